The van der Waals surface area contributed by atoms with Gasteiger partial charge in [-0.25, -0.2) is 4.79 Å². The van der Waals surface area contributed by atoms with Gasteiger partial charge in [-0.05, 0) is 54.1 Å². The average molecular weight is 444 g/mol. The van der Waals surface area contributed by atoms with Gasteiger partial charge in [0.25, 0.3) is 5.56 Å². The maximum Gasteiger partial charge on any atom is 0.332 e. The molecule has 0 unspecified atom stereocenters. The van der Waals surface area contributed by atoms with Crippen LogP contribution < -0.4 is 25.5 Å². The van der Waals surface area contributed by atoms with Crippen molar-refractivity contribution in [1.29, 1.82) is 0 Å². The molecule has 0 spiro atoms. The fourth-order valence-corrected chi connectivity index (χ4v) is 3.90. The smallest absolute Gasteiger partial charge is 0.332 e. The largest absolute Gasteiger partial charge is 0.497 e. The first-order chi connectivity index (χ1) is 16.0. The minimum atomic E-state index is -0.557. The number of carbonyl (C=O) groups is 1. The van der Waals surface area contributed by atoms with Crippen molar-refractivity contribution < 1.29 is 19.0 Å². The van der Waals surface area contributed by atoms with E-state index in [1.54, 1.807) is 73.8 Å². The van der Waals surface area contributed by atoms with Gasteiger partial charge in [-0.15, -0.1) is 0 Å². The molecule has 0 amide bonds. The van der Waals surface area contributed by atoms with Crippen molar-refractivity contribution in [3.63, 3.8) is 0 Å². The first-order valence-electron chi connectivity index (χ1n) is 10.3. The van der Waals surface area contributed by atoms with E-state index in [2.05, 4.69) is 0 Å². The number of hydrogen-bond acceptors (Lipinski definition) is 6. The molecule has 0 bridgehead atoms. The molecule has 0 atom stereocenters. The summed E-state index contributed by atoms with van der Waals surface area (Å²) in [5, 5.41) is 0.361. The Labute approximate surface area is 188 Å². The number of ketones is 1. The number of Topliss-reactive ketones (excluding diaryl/α,β-unsaturated/α-hetero) is 1. The summed E-state index contributed by atoms with van der Waals surface area (Å²) >= 11 is 0. The van der Waals surface area contributed by atoms with Crippen LogP contribution in [0.1, 0.15) is 15.9 Å². The van der Waals surface area contributed by atoms with E-state index in [-0.39, 0.29) is 25.7 Å². The SMILES string of the molecule is COc1ccc(C(=O)Cn2c(=O)n(Cc3ccc4c(c3)OCO4)c(=O)c3ccccc32)cc1. The van der Waals surface area contributed by atoms with E-state index < -0.39 is 11.2 Å². The Balaban J connectivity index is 1.57. The van der Waals surface area contributed by atoms with E-state index in [0.29, 0.717) is 39.3 Å². The lowest BCUT2D eigenvalue weighted by Gasteiger charge is -2.14. The summed E-state index contributed by atoms with van der Waals surface area (Å²) in [6.07, 6.45) is 0. The van der Waals surface area contributed by atoms with Gasteiger partial charge in [-0.3, -0.25) is 18.7 Å². The molecule has 33 heavy (non-hydrogen) atoms. The molecule has 166 valence electrons. The predicted octanol–water partition coefficient (Wildman–Crippen LogP) is 2.83. The number of para-hydroxylation sites is 1. The summed E-state index contributed by atoms with van der Waals surface area (Å²) in [7, 11) is 1.55. The summed E-state index contributed by atoms with van der Waals surface area (Å²) in [5.74, 6) is 1.56. The summed E-state index contributed by atoms with van der Waals surface area (Å²) < 4.78 is 18.3. The number of nitrogens with zero attached hydrogens (tertiary/aromatic N) is 2. The molecule has 4 aromatic rings. The normalized spacial score (nSPS) is 12.2. The summed E-state index contributed by atoms with van der Waals surface area (Å²) in [5.41, 5.74) is 0.595. The maximum absolute atomic E-state index is 13.4. The standard InChI is InChI=1S/C25H20N2O6/c1-31-18-9-7-17(8-10-18)21(28)14-26-20-5-3-2-4-19(20)24(29)27(25(26)30)13-16-6-11-22-23(12-16)33-15-32-22/h2-12H,13-15H2,1H3. The van der Waals surface area contributed by atoms with Gasteiger partial charge in [0, 0.05) is 5.56 Å². The molecule has 5 rings (SSSR count). The lowest BCUT2D eigenvalue weighted by Crippen LogP contribution is -2.41. The molecule has 8 nitrogen and oxygen atoms in total. The molecule has 0 N–H and O–H groups in total. The molecular formula is C25H20N2O6. The molecule has 3 aromatic carbocycles. The third-order valence-corrected chi connectivity index (χ3v) is 5.62. The maximum atomic E-state index is 13.4. The third-order valence-electron chi connectivity index (χ3n) is 5.62. The second kappa shape index (κ2) is 8.31. The Bertz CT molecular complexity index is 1480. The topological polar surface area (TPSA) is 88.8 Å². The number of hydrogen-bond donors (Lipinski definition) is 0. The molecule has 2 heterocycles. The highest BCUT2D eigenvalue weighted by atomic mass is 16.7. The first kappa shape index (κ1) is 20.6. The summed E-state index contributed by atoms with van der Waals surface area (Å²) in [6, 6.07) is 18.7. The van der Waals surface area contributed by atoms with E-state index in [1.807, 2.05) is 0 Å². The van der Waals surface area contributed by atoms with Gasteiger partial charge in [-0.2, -0.15) is 0 Å². The molecule has 0 fully saturated rings. The Morgan fingerprint density at radius 2 is 1.70 bits per heavy atom. The molecule has 0 radical (unpaired) electrons. The Kier molecular flexibility index (Phi) is 5.18. The monoisotopic (exact) mass is 444 g/mol. The highest BCUT2D eigenvalue weighted by molar-refractivity contribution is 5.96. The van der Waals surface area contributed by atoms with Crippen molar-refractivity contribution in [2.45, 2.75) is 13.1 Å². The van der Waals surface area contributed by atoms with Crippen LogP contribution >= 0.6 is 0 Å². The van der Waals surface area contributed by atoms with Crippen LogP contribution in [0.5, 0.6) is 17.2 Å². The van der Waals surface area contributed by atoms with Crippen LogP contribution in [0.2, 0.25) is 0 Å². The molecule has 1 aliphatic heterocycles. The summed E-state index contributed by atoms with van der Waals surface area (Å²) in [4.78, 5) is 39.5. The van der Waals surface area contributed by atoms with Crippen LogP contribution in [0.15, 0.2) is 76.3 Å². The molecular weight excluding hydrogens is 424 g/mol. The first-order valence-corrected chi connectivity index (χ1v) is 10.3. The van der Waals surface area contributed by atoms with Gasteiger partial charge < -0.3 is 14.2 Å². The Morgan fingerprint density at radius 1 is 0.939 bits per heavy atom. The predicted molar refractivity (Wildman–Crippen MR) is 121 cm³/mol. The van der Waals surface area contributed by atoms with Crippen LogP contribution in [-0.4, -0.2) is 28.8 Å². The average Bonchev–Trinajstić information content (AvgIpc) is 3.32. The van der Waals surface area contributed by atoms with E-state index >= 15 is 0 Å². The number of benzene rings is 3. The molecule has 8 heteroatoms. The van der Waals surface area contributed by atoms with E-state index in [0.717, 1.165) is 4.57 Å². The van der Waals surface area contributed by atoms with Crippen LogP contribution in [0.25, 0.3) is 10.9 Å². The van der Waals surface area contributed by atoms with Crippen LogP contribution in [0.4, 0.5) is 0 Å². The van der Waals surface area contributed by atoms with Crippen LogP contribution in [0.3, 0.4) is 0 Å². The quantitative estimate of drug-likeness (QED) is 0.425. The van der Waals surface area contributed by atoms with Gasteiger partial charge >= 0.3 is 5.69 Å². The van der Waals surface area contributed by atoms with Gasteiger partial charge in [0.15, 0.2) is 17.3 Å². The Hall–Kier alpha value is -4.33. The van der Waals surface area contributed by atoms with E-state index in [4.69, 9.17) is 14.2 Å². The minimum Gasteiger partial charge on any atom is -0.497 e. The zero-order valence-electron chi connectivity index (χ0n) is 17.8. The van der Waals surface area contributed by atoms with Crippen molar-refractivity contribution in [3.8, 4) is 17.2 Å². The fraction of sp³-hybridized carbons (Fsp3) is 0.160. The van der Waals surface area contributed by atoms with Crippen molar-refractivity contribution in [2.75, 3.05) is 13.9 Å². The zero-order valence-corrected chi connectivity index (χ0v) is 17.8. The van der Waals surface area contributed by atoms with Crippen molar-refractivity contribution >= 4 is 16.7 Å². The number of carbonyl (C=O) groups excluding carboxylic acids is 1. The second-order valence-corrected chi connectivity index (χ2v) is 7.62. The van der Waals surface area contributed by atoms with Crippen LogP contribution in [0, 0.1) is 0 Å². The van der Waals surface area contributed by atoms with E-state index in [9.17, 15) is 14.4 Å². The lowest BCUT2D eigenvalue weighted by atomic mass is 10.1. The van der Waals surface area contributed by atoms with Gasteiger partial charge in [-0.1, -0.05) is 18.2 Å². The van der Waals surface area contributed by atoms with Crippen molar-refractivity contribution in [3.05, 3.63) is 98.7 Å². The van der Waals surface area contributed by atoms with Crippen molar-refractivity contribution in [1.82, 2.24) is 9.13 Å². The third kappa shape index (κ3) is 3.76. The highest BCUT2D eigenvalue weighted by Crippen LogP contribution is 2.32. The van der Waals surface area contributed by atoms with Crippen LogP contribution in [-0.2, 0) is 13.1 Å². The molecule has 1 aromatic heterocycles. The molecule has 1 aliphatic rings. The number of ether oxygens (including phenoxy) is 3. The lowest BCUT2D eigenvalue weighted by molar-refractivity contribution is 0.0971. The van der Waals surface area contributed by atoms with Gasteiger partial charge in [0.1, 0.15) is 5.75 Å². The number of fused-ring (bicyclic) bond motifs is 2. The number of methoxy groups -OCH3 is 1. The Morgan fingerprint density at radius 3 is 2.48 bits per heavy atom. The van der Waals surface area contributed by atoms with Gasteiger partial charge in [0.05, 0.1) is 31.1 Å². The molecule has 0 aliphatic carbocycles. The summed E-state index contributed by atoms with van der Waals surface area (Å²) in [6.45, 7) is -0.0298. The minimum absolute atomic E-state index is 0.0376. The second-order valence-electron chi connectivity index (χ2n) is 7.62. The number of aromatic nitrogens is 2. The zero-order chi connectivity index (χ0) is 22.9. The fourth-order valence-electron chi connectivity index (χ4n) is 3.90. The molecule has 0 saturated carbocycles. The van der Waals surface area contributed by atoms with Gasteiger partial charge in [0.2, 0.25) is 6.79 Å². The number of rotatable bonds is 6. The molecule has 0 saturated heterocycles. The van der Waals surface area contributed by atoms with E-state index in [1.165, 1.54) is 4.57 Å². The highest BCUT2D eigenvalue weighted by Gasteiger charge is 2.18. The van der Waals surface area contributed by atoms with Crippen molar-refractivity contribution in [2.24, 2.45) is 0 Å².